The highest BCUT2D eigenvalue weighted by Gasteiger charge is 2.19. The van der Waals surface area contributed by atoms with E-state index >= 15 is 0 Å². The van der Waals surface area contributed by atoms with Crippen molar-refractivity contribution in [3.63, 3.8) is 0 Å². The van der Waals surface area contributed by atoms with Gasteiger partial charge in [0.05, 0.1) is 0 Å². The zero-order valence-electron chi connectivity index (χ0n) is 9.43. The predicted octanol–water partition coefficient (Wildman–Crippen LogP) is 3.60. The van der Waals surface area contributed by atoms with Crippen molar-refractivity contribution < 1.29 is 0 Å². The maximum Gasteiger partial charge on any atom is 0.0459 e. The Bertz CT molecular complexity index is 507. The molecule has 1 heterocycles. The Labute approximate surface area is 90.5 Å². The Morgan fingerprint density at radius 1 is 1.33 bits per heavy atom. The molecule has 1 aliphatic rings. The van der Waals surface area contributed by atoms with E-state index in [4.69, 9.17) is 0 Å². The molecule has 0 bridgehead atoms. The van der Waals surface area contributed by atoms with Gasteiger partial charge in [-0.25, -0.2) is 0 Å². The van der Waals surface area contributed by atoms with Gasteiger partial charge in [0.15, 0.2) is 0 Å². The van der Waals surface area contributed by atoms with Crippen LogP contribution in [0.1, 0.15) is 30.2 Å². The summed E-state index contributed by atoms with van der Waals surface area (Å²) >= 11 is 0. The second-order valence-electron chi connectivity index (χ2n) is 4.98. The highest BCUT2D eigenvalue weighted by Crippen LogP contribution is 2.31. The van der Waals surface area contributed by atoms with E-state index in [9.17, 15) is 0 Å². The summed E-state index contributed by atoms with van der Waals surface area (Å²) in [5.74, 6) is 0.844. The first-order chi connectivity index (χ1) is 7.24. The fourth-order valence-corrected chi connectivity index (χ4v) is 2.71. The minimum Gasteiger partial charge on any atom is -0.358 e. The quantitative estimate of drug-likeness (QED) is 0.667. The molecule has 1 N–H and O–H groups in total. The molecule has 1 unspecified atom stereocenters. The highest BCUT2D eigenvalue weighted by atomic mass is 14.7. The Hall–Kier alpha value is -1.24. The van der Waals surface area contributed by atoms with Gasteiger partial charge >= 0.3 is 0 Å². The summed E-state index contributed by atoms with van der Waals surface area (Å²) in [6.45, 7) is 4.53. The molecule has 0 fully saturated rings. The van der Waals surface area contributed by atoms with Gasteiger partial charge in [0.2, 0.25) is 0 Å². The van der Waals surface area contributed by atoms with Crippen molar-refractivity contribution in [2.24, 2.45) is 5.92 Å². The van der Waals surface area contributed by atoms with Gasteiger partial charge in [-0.2, -0.15) is 0 Å². The molecule has 1 aliphatic carbocycles. The second-order valence-corrected chi connectivity index (χ2v) is 4.98. The maximum absolute atomic E-state index is 3.56. The van der Waals surface area contributed by atoms with Gasteiger partial charge in [-0.15, -0.1) is 0 Å². The number of benzene rings is 1. The number of rotatable bonds is 0. The van der Waals surface area contributed by atoms with Gasteiger partial charge in [0.1, 0.15) is 0 Å². The summed E-state index contributed by atoms with van der Waals surface area (Å²) in [6.07, 6.45) is 3.81. The predicted molar refractivity (Wildman–Crippen MR) is 64.2 cm³/mol. The average molecular weight is 199 g/mol. The third kappa shape index (κ3) is 1.38. The van der Waals surface area contributed by atoms with Crippen LogP contribution in [0.3, 0.4) is 0 Å². The normalized spacial score (nSPS) is 20.5. The number of fused-ring (bicyclic) bond motifs is 3. The smallest absolute Gasteiger partial charge is 0.0459 e. The molecular formula is C14H17N. The van der Waals surface area contributed by atoms with Gasteiger partial charge in [-0.1, -0.05) is 18.6 Å². The third-order valence-corrected chi connectivity index (χ3v) is 3.59. The summed E-state index contributed by atoms with van der Waals surface area (Å²) in [5, 5.41) is 1.46. The first kappa shape index (κ1) is 9.02. The summed E-state index contributed by atoms with van der Waals surface area (Å²) < 4.78 is 0. The zero-order chi connectivity index (χ0) is 10.4. The molecule has 0 saturated heterocycles. The first-order valence-electron chi connectivity index (χ1n) is 5.84. The Balaban J connectivity index is 2.25. The van der Waals surface area contributed by atoms with E-state index in [1.807, 2.05) is 0 Å². The number of H-pyrrole nitrogens is 1. The summed E-state index contributed by atoms with van der Waals surface area (Å²) in [7, 11) is 0. The van der Waals surface area contributed by atoms with Crippen LogP contribution in [0, 0.1) is 12.8 Å². The summed E-state index contributed by atoms with van der Waals surface area (Å²) in [5.41, 5.74) is 5.74. The minimum absolute atomic E-state index is 0.844. The van der Waals surface area contributed by atoms with Gasteiger partial charge < -0.3 is 4.98 Å². The van der Waals surface area contributed by atoms with Crippen molar-refractivity contribution in [2.45, 2.75) is 33.1 Å². The van der Waals surface area contributed by atoms with Crippen molar-refractivity contribution >= 4 is 10.9 Å². The molecule has 0 spiro atoms. The lowest BCUT2D eigenvalue weighted by molar-refractivity contribution is 0.499. The summed E-state index contributed by atoms with van der Waals surface area (Å²) in [4.78, 5) is 3.56. The first-order valence-corrected chi connectivity index (χ1v) is 5.84. The molecule has 78 valence electrons. The minimum atomic E-state index is 0.844. The lowest BCUT2D eigenvalue weighted by Gasteiger charge is -2.18. The molecule has 1 aromatic carbocycles. The lowest BCUT2D eigenvalue weighted by atomic mass is 9.87. The molecule has 1 aromatic heterocycles. The van der Waals surface area contributed by atoms with Crippen LogP contribution in [0.5, 0.6) is 0 Å². The molecule has 1 atom stereocenters. The number of hydrogen-bond donors (Lipinski definition) is 1. The molecule has 2 aromatic rings. The molecule has 1 nitrogen and oxygen atoms in total. The number of aromatic amines is 1. The van der Waals surface area contributed by atoms with Gasteiger partial charge in [0, 0.05) is 16.6 Å². The molecule has 15 heavy (non-hydrogen) atoms. The maximum atomic E-state index is 3.56. The van der Waals surface area contributed by atoms with Gasteiger partial charge in [-0.3, -0.25) is 0 Å². The van der Waals surface area contributed by atoms with E-state index in [1.165, 1.54) is 41.4 Å². The fraction of sp³-hybridized carbons (Fsp3) is 0.429. The van der Waals surface area contributed by atoms with Gasteiger partial charge in [0.25, 0.3) is 0 Å². The van der Waals surface area contributed by atoms with Crippen LogP contribution in [0.15, 0.2) is 18.2 Å². The molecular weight excluding hydrogens is 182 g/mol. The monoisotopic (exact) mass is 199 g/mol. The number of hydrogen-bond acceptors (Lipinski definition) is 0. The van der Waals surface area contributed by atoms with E-state index in [0.29, 0.717) is 0 Å². The van der Waals surface area contributed by atoms with Gasteiger partial charge in [-0.05, 0) is 49.8 Å². The average Bonchev–Trinajstić information content (AvgIpc) is 2.56. The molecule has 3 rings (SSSR count). The van der Waals surface area contributed by atoms with Crippen molar-refractivity contribution in [3.8, 4) is 0 Å². The van der Waals surface area contributed by atoms with E-state index in [1.54, 1.807) is 5.56 Å². The van der Waals surface area contributed by atoms with Crippen LogP contribution >= 0.6 is 0 Å². The Morgan fingerprint density at radius 2 is 2.20 bits per heavy atom. The topological polar surface area (TPSA) is 15.8 Å². The Kier molecular flexibility index (Phi) is 1.88. The van der Waals surface area contributed by atoms with Crippen LogP contribution in [0.25, 0.3) is 10.9 Å². The third-order valence-electron chi connectivity index (χ3n) is 3.59. The molecule has 0 saturated carbocycles. The molecule has 0 radical (unpaired) electrons. The highest BCUT2D eigenvalue weighted by molar-refractivity contribution is 5.85. The second kappa shape index (κ2) is 3.13. The number of nitrogens with one attached hydrogen (secondary N) is 1. The number of aromatic nitrogens is 1. The largest absolute Gasteiger partial charge is 0.358 e. The summed E-state index contributed by atoms with van der Waals surface area (Å²) in [6, 6.07) is 6.73. The van der Waals surface area contributed by atoms with Crippen molar-refractivity contribution in [1.82, 2.24) is 4.98 Å². The van der Waals surface area contributed by atoms with Crippen LogP contribution in [0.4, 0.5) is 0 Å². The molecule has 1 heteroatoms. The number of aryl methyl sites for hydroxylation is 2. The van der Waals surface area contributed by atoms with E-state index < -0.39 is 0 Å². The van der Waals surface area contributed by atoms with Crippen molar-refractivity contribution in [1.29, 1.82) is 0 Å². The van der Waals surface area contributed by atoms with E-state index in [2.05, 4.69) is 37.0 Å². The Morgan fingerprint density at radius 3 is 3.07 bits per heavy atom. The van der Waals surface area contributed by atoms with E-state index in [-0.39, 0.29) is 0 Å². The van der Waals surface area contributed by atoms with Crippen LogP contribution in [0.2, 0.25) is 0 Å². The molecule has 0 amide bonds. The van der Waals surface area contributed by atoms with Crippen LogP contribution in [-0.2, 0) is 12.8 Å². The zero-order valence-corrected chi connectivity index (χ0v) is 9.43. The SMILES string of the molecule is Cc1ccc2[nH]c3c(c2c1)CC(C)CC3. The van der Waals surface area contributed by atoms with E-state index in [0.717, 1.165) is 5.92 Å². The lowest BCUT2D eigenvalue weighted by Crippen LogP contribution is -2.09. The molecule has 0 aliphatic heterocycles. The standard InChI is InChI=1S/C14H17N/c1-9-3-5-13-11(7-9)12-8-10(2)4-6-14(12)15-13/h3,5,7,10,15H,4,6,8H2,1-2H3. The fourth-order valence-electron chi connectivity index (χ4n) is 2.71. The van der Waals surface area contributed by atoms with Crippen LogP contribution in [-0.4, -0.2) is 4.98 Å². The van der Waals surface area contributed by atoms with Crippen molar-refractivity contribution in [3.05, 3.63) is 35.0 Å². The van der Waals surface area contributed by atoms with Crippen molar-refractivity contribution in [2.75, 3.05) is 0 Å². The van der Waals surface area contributed by atoms with Crippen LogP contribution < -0.4 is 0 Å².